The number of halogens is 1. The molecule has 0 saturated heterocycles. The monoisotopic (exact) mass is 518 g/mol. The van der Waals surface area contributed by atoms with Crippen LogP contribution in [0.25, 0.3) is 0 Å². The van der Waals surface area contributed by atoms with Crippen LogP contribution in [0.5, 0.6) is 0 Å². The van der Waals surface area contributed by atoms with Gasteiger partial charge in [0.1, 0.15) is 6.54 Å². The standard InChI is InChI=1S/C29H27ClN2O3S/c1-21-11-9-10-16-26(21)29(23-12-5-3-6-13-23)31-28(33)20-32(24-18-17-22(2)27(30)19-24)36(34,35)25-14-7-4-8-15-25/h3-19,29H,20H2,1-2H3,(H,31,33)/t29-/m1/s1. The van der Waals surface area contributed by atoms with Crippen molar-refractivity contribution in [2.24, 2.45) is 0 Å². The van der Waals surface area contributed by atoms with Crippen LogP contribution >= 0.6 is 11.6 Å². The van der Waals surface area contributed by atoms with E-state index in [1.54, 1.807) is 36.4 Å². The van der Waals surface area contributed by atoms with Crippen LogP contribution in [0, 0.1) is 13.8 Å². The Kier molecular flexibility index (Phi) is 7.77. The van der Waals surface area contributed by atoms with Gasteiger partial charge in [-0.15, -0.1) is 0 Å². The van der Waals surface area contributed by atoms with Crippen LogP contribution in [-0.2, 0) is 14.8 Å². The van der Waals surface area contributed by atoms with E-state index in [9.17, 15) is 13.2 Å². The highest BCUT2D eigenvalue weighted by Crippen LogP contribution is 2.29. The van der Waals surface area contributed by atoms with Gasteiger partial charge in [0.25, 0.3) is 10.0 Å². The molecule has 0 bridgehead atoms. The number of carbonyl (C=O) groups is 1. The number of hydrogen-bond acceptors (Lipinski definition) is 3. The average molecular weight is 519 g/mol. The fraction of sp³-hybridized carbons (Fsp3) is 0.138. The summed E-state index contributed by atoms with van der Waals surface area (Å²) in [6, 6.07) is 30.0. The molecule has 0 unspecified atom stereocenters. The molecule has 0 saturated carbocycles. The molecule has 0 aliphatic carbocycles. The Morgan fingerprint density at radius 2 is 1.44 bits per heavy atom. The topological polar surface area (TPSA) is 66.5 Å². The molecular weight excluding hydrogens is 492 g/mol. The van der Waals surface area contributed by atoms with Crippen LogP contribution in [0.3, 0.4) is 0 Å². The molecule has 5 nitrogen and oxygen atoms in total. The number of nitrogens with zero attached hydrogens (tertiary/aromatic N) is 1. The number of nitrogens with one attached hydrogen (secondary N) is 1. The molecule has 1 N–H and O–H groups in total. The second-order valence-corrected chi connectivity index (χ2v) is 10.8. The third-order valence-electron chi connectivity index (χ3n) is 6.00. The van der Waals surface area contributed by atoms with Gasteiger partial charge in [0.2, 0.25) is 5.91 Å². The minimum atomic E-state index is -4.04. The van der Waals surface area contributed by atoms with Crippen molar-refractivity contribution >= 4 is 33.2 Å². The molecule has 4 aromatic carbocycles. The Morgan fingerprint density at radius 3 is 2.08 bits per heavy atom. The highest BCUT2D eigenvalue weighted by molar-refractivity contribution is 7.92. The highest BCUT2D eigenvalue weighted by atomic mass is 35.5. The fourth-order valence-electron chi connectivity index (χ4n) is 4.01. The molecule has 4 aromatic rings. The molecule has 0 aliphatic rings. The lowest BCUT2D eigenvalue weighted by Crippen LogP contribution is -2.42. The molecule has 0 radical (unpaired) electrons. The molecule has 0 aliphatic heterocycles. The summed E-state index contributed by atoms with van der Waals surface area (Å²) in [5.41, 5.74) is 3.98. The number of anilines is 1. The van der Waals surface area contributed by atoms with Crippen LogP contribution in [0.1, 0.15) is 28.3 Å². The molecule has 0 fully saturated rings. The van der Waals surface area contributed by atoms with E-state index in [2.05, 4.69) is 5.32 Å². The van der Waals surface area contributed by atoms with Crippen molar-refractivity contribution in [3.8, 4) is 0 Å². The van der Waals surface area contributed by atoms with Crippen LogP contribution in [0.4, 0.5) is 5.69 Å². The molecule has 4 rings (SSSR count). The zero-order valence-corrected chi connectivity index (χ0v) is 21.6. The van der Waals surface area contributed by atoms with Crippen molar-refractivity contribution in [2.45, 2.75) is 24.8 Å². The van der Waals surface area contributed by atoms with Crippen molar-refractivity contribution in [1.82, 2.24) is 5.32 Å². The van der Waals surface area contributed by atoms with Gasteiger partial charge in [-0.3, -0.25) is 9.10 Å². The summed E-state index contributed by atoms with van der Waals surface area (Å²) >= 11 is 6.33. The predicted molar refractivity (Wildman–Crippen MR) is 145 cm³/mol. The first-order valence-electron chi connectivity index (χ1n) is 11.5. The Labute approximate surface area is 217 Å². The lowest BCUT2D eigenvalue weighted by atomic mass is 9.95. The van der Waals surface area contributed by atoms with Gasteiger partial charge >= 0.3 is 0 Å². The second kappa shape index (κ2) is 11.0. The summed E-state index contributed by atoms with van der Waals surface area (Å²) in [4.78, 5) is 13.6. The third-order valence-corrected chi connectivity index (χ3v) is 8.19. The molecule has 7 heteroatoms. The predicted octanol–water partition coefficient (Wildman–Crippen LogP) is 6.06. The van der Waals surface area contributed by atoms with Crippen molar-refractivity contribution < 1.29 is 13.2 Å². The summed E-state index contributed by atoms with van der Waals surface area (Å²) in [5, 5.41) is 3.48. The SMILES string of the molecule is Cc1ccc(N(CC(=O)N[C@H](c2ccccc2)c2ccccc2C)S(=O)(=O)c2ccccc2)cc1Cl. The van der Waals surface area contributed by atoms with Gasteiger partial charge in [-0.2, -0.15) is 0 Å². The number of benzene rings is 4. The maximum atomic E-state index is 13.6. The van der Waals surface area contributed by atoms with E-state index in [1.807, 2.05) is 68.4 Å². The lowest BCUT2D eigenvalue weighted by Gasteiger charge is -2.27. The van der Waals surface area contributed by atoms with Crippen molar-refractivity contribution in [3.63, 3.8) is 0 Å². The first-order valence-corrected chi connectivity index (χ1v) is 13.3. The van der Waals surface area contributed by atoms with Crippen LogP contribution in [-0.4, -0.2) is 20.9 Å². The van der Waals surface area contributed by atoms with Crippen molar-refractivity contribution in [2.75, 3.05) is 10.8 Å². The molecule has 36 heavy (non-hydrogen) atoms. The number of rotatable bonds is 8. The molecule has 0 heterocycles. The second-order valence-electron chi connectivity index (χ2n) is 8.53. The Morgan fingerprint density at radius 1 is 0.833 bits per heavy atom. The fourth-order valence-corrected chi connectivity index (χ4v) is 5.61. The van der Waals surface area contributed by atoms with E-state index in [4.69, 9.17) is 11.6 Å². The van der Waals surface area contributed by atoms with E-state index in [0.717, 1.165) is 26.6 Å². The maximum absolute atomic E-state index is 13.6. The number of sulfonamides is 1. The van der Waals surface area contributed by atoms with Gasteiger partial charge in [-0.1, -0.05) is 90.5 Å². The molecule has 1 amide bonds. The van der Waals surface area contributed by atoms with Gasteiger partial charge < -0.3 is 5.32 Å². The smallest absolute Gasteiger partial charge is 0.264 e. The zero-order valence-electron chi connectivity index (χ0n) is 20.1. The Balaban J connectivity index is 1.71. The average Bonchev–Trinajstić information content (AvgIpc) is 2.89. The van der Waals surface area contributed by atoms with E-state index in [0.29, 0.717) is 10.7 Å². The van der Waals surface area contributed by atoms with E-state index >= 15 is 0 Å². The summed E-state index contributed by atoms with van der Waals surface area (Å²) in [5.74, 6) is -0.441. The summed E-state index contributed by atoms with van der Waals surface area (Å²) < 4.78 is 28.4. The molecular formula is C29H27ClN2O3S. The third kappa shape index (κ3) is 5.61. The molecule has 184 valence electrons. The van der Waals surface area contributed by atoms with Crippen molar-refractivity contribution in [3.05, 3.63) is 130 Å². The van der Waals surface area contributed by atoms with E-state index in [-0.39, 0.29) is 4.90 Å². The van der Waals surface area contributed by atoms with Gasteiger partial charge in [0.05, 0.1) is 16.6 Å². The van der Waals surface area contributed by atoms with Gasteiger partial charge in [-0.25, -0.2) is 8.42 Å². The minimum Gasteiger partial charge on any atom is -0.344 e. The number of amides is 1. The summed E-state index contributed by atoms with van der Waals surface area (Å²) in [7, 11) is -4.04. The van der Waals surface area contributed by atoms with Crippen molar-refractivity contribution in [1.29, 1.82) is 0 Å². The van der Waals surface area contributed by atoms with E-state index < -0.39 is 28.5 Å². The summed E-state index contributed by atoms with van der Waals surface area (Å²) in [6.07, 6.45) is 0. The Bertz CT molecular complexity index is 1460. The van der Waals surface area contributed by atoms with Gasteiger partial charge in [0.15, 0.2) is 0 Å². The van der Waals surface area contributed by atoms with Gasteiger partial charge in [-0.05, 0) is 60.4 Å². The zero-order chi connectivity index (χ0) is 25.7. The Hall–Kier alpha value is -3.61. The quantitative estimate of drug-likeness (QED) is 0.308. The number of aryl methyl sites for hydroxylation is 2. The highest BCUT2D eigenvalue weighted by Gasteiger charge is 2.29. The molecule has 0 spiro atoms. The number of hydrogen-bond donors (Lipinski definition) is 1. The van der Waals surface area contributed by atoms with E-state index in [1.165, 1.54) is 12.1 Å². The van der Waals surface area contributed by atoms with Crippen LogP contribution in [0.15, 0.2) is 108 Å². The lowest BCUT2D eigenvalue weighted by molar-refractivity contribution is -0.120. The normalized spacial score (nSPS) is 12.1. The summed E-state index contributed by atoms with van der Waals surface area (Å²) in [6.45, 7) is 3.41. The first-order chi connectivity index (χ1) is 17.3. The van der Waals surface area contributed by atoms with Gasteiger partial charge in [0, 0.05) is 5.02 Å². The molecule has 0 aromatic heterocycles. The first kappa shape index (κ1) is 25.5. The van der Waals surface area contributed by atoms with Crippen LogP contribution < -0.4 is 9.62 Å². The maximum Gasteiger partial charge on any atom is 0.264 e. The number of carbonyl (C=O) groups excluding carboxylic acids is 1. The van der Waals surface area contributed by atoms with Crippen LogP contribution in [0.2, 0.25) is 5.02 Å². The minimum absolute atomic E-state index is 0.0908. The largest absolute Gasteiger partial charge is 0.344 e. The molecule has 1 atom stereocenters.